The van der Waals surface area contributed by atoms with Crippen LogP contribution in [-0.2, 0) is 5.60 Å². The molecule has 0 saturated heterocycles. The van der Waals surface area contributed by atoms with E-state index in [0.717, 1.165) is 16.7 Å². The predicted octanol–water partition coefficient (Wildman–Crippen LogP) is 3.45. The van der Waals surface area contributed by atoms with Crippen LogP contribution in [0.3, 0.4) is 0 Å². The standard InChI is InChI=1S/C10H14OS.C2H4O/c1-5-10(4,11)9-6-7(2)12-8(9)3;1-2-3/h5-6,11H,1H2,2-4H3;2-3H,1H2. The van der Waals surface area contributed by atoms with Crippen molar-refractivity contribution in [1.29, 1.82) is 0 Å². The Labute approximate surface area is 95.2 Å². The van der Waals surface area contributed by atoms with Crippen LogP contribution in [0.1, 0.15) is 22.2 Å². The van der Waals surface area contributed by atoms with Crippen molar-refractivity contribution in [2.75, 3.05) is 0 Å². The quantitative estimate of drug-likeness (QED) is 0.599. The molecule has 0 bridgehead atoms. The molecule has 1 unspecified atom stereocenters. The minimum Gasteiger partial charge on any atom is -0.516 e. The molecule has 0 aliphatic rings. The molecule has 0 aliphatic heterocycles. The molecule has 0 radical (unpaired) electrons. The summed E-state index contributed by atoms with van der Waals surface area (Å²) in [6, 6.07) is 2.02. The molecule has 1 atom stereocenters. The van der Waals surface area contributed by atoms with Gasteiger partial charge in [0.2, 0.25) is 0 Å². The molecule has 0 spiro atoms. The second-order valence-corrected chi connectivity index (χ2v) is 4.82. The molecule has 3 heteroatoms. The van der Waals surface area contributed by atoms with Gasteiger partial charge in [0.05, 0.1) is 6.26 Å². The first-order valence-corrected chi connectivity index (χ1v) is 5.39. The molecule has 2 nitrogen and oxygen atoms in total. The van der Waals surface area contributed by atoms with Crippen molar-refractivity contribution in [2.24, 2.45) is 0 Å². The van der Waals surface area contributed by atoms with Crippen molar-refractivity contribution >= 4 is 11.3 Å². The highest BCUT2D eigenvalue weighted by Crippen LogP contribution is 2.30. The molecule has 1 aromatic heterocycles. The molecule has 15 heavy (non-hydrogen) atoms. The van der Waals surface area contributed by atoms with Crippen molar-refractivity contribution in [3.05, 3.63) is 46.9 Å². The largest absolute Gasteiger partial charge is 0.516 e. The highest BCUT2D eigenvalue weighted by Gasteiger charge is 2.22. The van der Waals surface area contributed by atoms with Gasteiger partial charge in [-0.3, -0.25) is 0 Å². The lowest BCUT2D eigenvalue weighted by Crippen LogP contribution is -2.17. The topological polar surface area (TPSA) is 40.5 Å². The number of thiophene rings is 1. The Kier molecular flexibility index (Phi) is 5.33. The van der Waals surface area contributed by atoms with Gasteiger partial charge in [-0.15, -0.1) is 11.3 Å². The van der Waals surface area contributed by atoms with E-state index in [0.29, 0.717) is 0 Å². The Morgan fingerprint density at radius 1 is 1.40 bits per heavy atom. The lowest BCUT2D eigenvalue weighted by molar-refractivity contribution is 0.111. The van der Waals surface area contributed by atoms with E-state index in [4.69, 9.17) is 5.11 Å². The lowest BCUT2D eigenvalue weighted by atomic mass is 9.97. The summed E-state index contributed by atoms with van der Waals surface area (Å²) in [7, 11) is 0. The Hall–Kier alpha value is -1.06. The number of hydrogen-bond donors (Lipinski definition) is 2. The first-order valence-electron chi connectivity index (χ1n) is 4.57. The normalized spacial score (nSPS) is 13.3. The number of aryl methyl sites for hydroxylation is 2. The molecule has 1 aromatic rings. The van der Waals surface area contributed by atoms with Gasteiger partial charge in [0.1, 0.15) is 5.60 Å². The molecule has 2 N–H and O–H groups in total. The highest BCUT2D eigenvalue weighted by atomic mass is 32.1. The van der Waals surface area contributed by atoms with E-state index in [2.05, 4.69) is 13.2 Å². The Morgan fingerprint density at radius 2 is 1.87 bits per heavy atom. The van der Waals surface area contributed by atoms with Crippen LogP contribution in [0.15, 0.2) is 31.6 Å². The van der Waals surface area contributed by atoms with Crippen LogP contribution in [0.4, 0.5) is 0 Å². The van der Waals surface area contributed by atoms with Gasteiger partial charge in [-0.05, 0) is 26.8 Å². The monoisotopic (exact) mass is 226 g/mol. The molecule has 1 rings (SSSR count). The molecule has 0 amide bonds. The van der Waals surface area contributed by atoms with E-state index >= 15 is 0 Å². The van der Waals surface area contributed by atoms with Crippen molar-refractivity contribution in [2.45, 2.75) is 26.4 Å². The predicted molar refractivity (Wildman–Crippen MR) is 66.4 cm³/mol. The molecule has 84 valence electrons. The molecule has 0 aliphatic carbocycles. The van der Waals surface area contributed by atoms with Crippen LogP contribution in [0.2, 0.25) is 0 Å². The Bertz CT molecular complexity index is 337. The maximum absolute atomic E-state index is 9.88. The molecule has 0 aromatic carbocycles. The zero-order valence-electron chi connectivity index (χ0n) is 9.45. The van der Waals surface area contributed by atoms with Gasteiger partial charge >= 0.3 is 0 Å². The van der Waals surface area contributed by atoms with Gasteiger partial charge < -0.3 is 10.2 Å². The number of aliphatic hydroxyl groups excluding tert-OH is 1. The SMILES string of the molecule is C=CC(C)(O)c1cc(C)sc1C.C=CO. The van der Waals surface area contributed by atoms with Gasteiger partial charge in [-0.2, -0.15) is 0 Å². The number of aliphatic hydroxyl groups is 2. The third-order valence-electron chi connectivity index (χ3n) is 1.98. The van der Waals surface area contributed by atoms with E-state index in [-0.39, 0.29) is 0 Å². The average Bonchev–Trinajstić information content (AvgIpc) is 2.47. The van der Waals surface area contributed by atoms with Crippen LogP contribution >= 0.6 is 11.3 Å². The fourth-order valence-corrected chi connectivity index (χ4v) is 2.28. The molecule has 0 fully saturated rings. The van der Waals surface area contributed by atoms with Crippen molar-refractivity contribution in [3.8, 4) is 0 Å². The minimum atomic E-state index is -0.880. The van der Waals surface area contributed by atoms with Crippen LogP contribution < -0.4 is 0 Å². The summed E-state index contributed by atoms with van der Waals surface area (Å²) in [4.78, 5) is 2.39. The van der Waals surface area contributed by atoms with Crippen LogP contribution in [-0.4, -0.2) is 10.2 Å². The zero-order chi connectivity index (χ0) is 12.1. The van der Waals surface area contributed by atoms with Crippen LogP contribution in [0, 0.1) is 13.8 Å². The Morgan fingerprint density at radius 3 is 2.13 bits per heavy atom. The van der Waals surface area contributed by atoms with E-state index in [1.165, 1.54) is 4.88 Å². The summed E-state index contributed by atoms with van der Waals surface area (Å²) in [6.07, 6.45) is 2.32. The van der Waals surface area contributed by atoms with E-state index in [1.54, 1.807) is 24.3 Å². The van der Waals surface area contributed by atoms with Crippen molar-refractivity contribution < 1.29 is 10.2 Å². The Balaban J connectivity index is 0.000000583. The van der Waals surface area contributed by atoms with Gasteiger partial charge in [0.25, 0.3) is 0 Å². The smallest absolute Gasteiger partial charge is 0.106 e. The first-order chi connectivity index (χ1) is 6.88. The highest BCUT2D eigenvalue weighted by molar-refractivity contribution is 7.12. The van der Waals surface area contributed by atoms with Crippen LogP contribution in [0.25, 0.3) is 0 Å². The van der Waals surface area contributed by atoms with Gasteiger partial charge in [-0.1, -0.05) is 19.2 Å². The third kappa shape index (κ3) is 3.90. The van der Waals surface area contributed by atoms with Gasteiger partial charge in [0, 0.05) is 15.3 Å². The summed E-state index contributed by atoms with van der Waals surface area (Å²) in [6.45, 7) is 12.3. The number of hydrogen-bond acceptors (Lipinski definition) is 3. The van der Waals surface area contributed by atoms with E-state index in [9.17, 15) is 5.11 Å². The molecular weight excluding hydrogens is 208 g/mol. The lowest BCUT2D eigenvalue weighted by Gasteiger charge is -2.18. The third-order valence-corrected chi connectivity index (χ3v) is 2.95. The summed E-state index contributed by atoms with van der Waals surface area (Å²) < 4.78 is 0. The minimum absolute atomic E-state index is 0.750. The maximum atomic E-state index is 9.88. The first kappa shape index (κ1) is 13.9. The maximum Gasteiger partial charge on any atom is 0.106 e. The van der Waals surface area contributed by atoms with Crippen LogP contribution in [0.5, 0.6) is 0 Å². The number of rotatable bonds is 2. The van der Waals surface area contributed by atoms with Crippen molar-refractivity contribution in [1.82, 2.24) is 0 Å². The summed E-state index contributed by atoms with van der Waals surface area (Å²) in [5.41, 5.74) is 0.0921. The average molecular weight is 226 g/mol. The summed E-state index contributed by atoms with van der Waals surface area (Å²) in [5, 5.41) is 17.2. The zero-order valence-corrected chi connectivity index (χ0v) is 10.3. The summed E-state index contributed by atoms with van der Waals surface area (Å²) >= 11 is 1.70. The molecule has 1 heterocycles. The fourth-order valence-electron chi connectivity index (χ4n) is 1.24. The van der Waals surface area contributed by atoms with E-state index in [1.807, 2.05) is 19.9 Å². The van der Waals surface area contributed by atoms with Crippen molar-refractivity contribution in [3.63, 3.8) is 0 Å². The van der Waals surface area contributed by atoms with Gasteiger partial charge in [-0.25, -0.2) is 0 Å². The second kappa shape index (κ2) is 5.73. The van der Waals surface area contributed by atoms with Gasteiger partial charge in [0.15, 0.2) is 0 Å². The molecule has 0 saturated carbocycles. The molecular formula is C12H18O2S. The fraction of sp³-hybridized carbons (Fsp3) is 0.333. The summed E-state index contributed by atoms with van der Waals surface area (Å²) in [5.74, 6) is 0. The second-order valence-electron chi connectivity index (χ2n) is 3.36. The van der Waals surface area contributed by atoms with E-state index < -0.39 is 5.60 Å².